The van der Waals surface area contributed by atoms with Crippen LogP contribution in [-0.4, -0.2) is 67.4 Å². The fourth-order valence-corrected chi connectivity index (χ4v) is 8.35. The third kappa shape index (κ3) is 9.95. The number of benzene rings is 3. The molecule has 0 spiro atoms. The Morgan fingerprint density at radius 2 is 1.63 bits per heavy atom. The normalized spacial score (nSPS) is 15.9. The predicted molar refractivity (Wildman–Crippen MR) is 198 cm³/mol. The summed E-state index contributed by atoms with van der Waals surface area (Å²) in [6.45, 7) is 5.64. The number of aromatic hydroxyl groups is 1. The van der Waals surface area contributed by atoms with E-state index in [9.17, 15) is 33.0 Å². The number of hydrogen-bond acceptors (Lipinski definition) is 9. The van der Waals surface area contributed by atoms with Gasteiger partial charge in [-0.25, -0.2) is 17.9 Å². The number of nitrogens with zero attached hydrogens (tertiary/aromatic N) is 1. The minimum absolute atomic E-state index is 0.0232. The summed E-state index contributed by atoms with van der Waals surface area (Å²) < 4.78 is 37.6. The fourth-order valence-electron chi connectivity index (χ4n) is 6.15. The maximum atomic E-state index is 14.3. The first kappa shape index (κ1) is 39.5. The SMILES string of the molecule is CCCCC1(CCCC)CN(c2ccccc2)c2cc(SC)c(OCC(=O)NC(C(=O)NC(CC)C(=O)O)c3ccc(O)cc3)cc2S(=O)(=O)N1. The molecule has 5 N–H and O–H groups in total. The number of phenolic OH excluding ortho intramolecular Hbond substituents is 1. The monoisotopic (exact) mass is 740 g/mol. The minimum atomic E-state index is -4.07. The number of hydrogen-bond donors (Lipinski definition) is 5. The zero-order valence-electron chi connectivity index (χ0n) is 29.5. The second kappa shape index (κ2) is 17.8. The average Bonchev–Trinajstić information content (AvgIpc) is 3.21. The molecule has 51 heavy (non-hydrogen) atoms. The Labute approximate surface area is 304 Å². The van der Waals surface area contributed by atoms with Crippen LogP contribution in [0.5, 0.6) is 11.5 Å². The number of sulfonamides is 1. The molecule has 12 nitrogen and oxygen atoms in total. The number of rotatable bonds is 17. The third-order valence-corrected chi connectivity index (χ3v) is 11.3. The van der Waals surface area contributed by atoms with Gasteiger partial charge in [-0.15, -0.1) is 11.8 Å². The van der Waals surface area contributed by atoms with Gasteiger partial charge in [0.25, 0.3) is 5.91 Å². The van der Waals surface area contributed by atoms with Crippen LogP contribution in [-0.2, 0) is 24.4 Å². The Morgan fingerprint density at radius 3 is 2.20 bits per heavy atom. The van der Waals surface area contributed by atoms with E-state index in [1.54, 1.807) is 13.0 Å². The van der Waals surface area contributed by atoms with Crippen LogP contribution < -0.4 is 25.0 Å². The van der Waals surface area contributed by atoms with Crippen molar-refractivity contribution < 1.29 is 37.8 Å². The molecule has 0 aromatic heterocycles. The number of carbonyl (C=O) groups excluding carboxylic acids is 2. The number of thioether (sulfide) groups is 1. The number of para-hydroxylation sites is 1. The highest BCUT2D eigenvalue weighted by Gasteiger charge is 2.42. The van der Waals surface area contributed by atoms with Gasteiger partial charge in [0.05, 0.1) is 16.1 Å². The molecule has 4 rings (SSSR count). The van der Waals surface area contributed by atoms with Crippen LogP contribution in [0, 0.1) is 0 Å². The Morgan fingerprint density at radius 1 is 0.980 bits per heavy atom. The summed E-state index contributed by atoms with van der Waals surface area (Å²) in [5.74, 6) is -2.57. The van der Waals surface area contributed by atoms with Gasteiger partial charge in [-0.05, 0) is 61.4 Å². The second-order valence-electron chi connectivity index (χ2n) is 12.7. The number of unbranched alkanes of at least 4 members (excludes halogenated alkanes) is 2. The Kier molecular flexibility index (Phi) is 13.8. The van der Waals surface area contributed by atoms with E-state index in [1.165, 1.54) is 42.1 Å². The first-order valence-corrected chi connectivity index (χ1v) is 19.9. The Balaban J connectivity index is 1.68. The minimum Gasteiger partial charge on any atom is -0.508 e. The van der Waals surface area contributed by atoms with Gasteiger partial charge in [0.2, 0.25) is 15.9 Å². The molecule has 2 amide bonds. The number of nitrogens with one attached hydrogen (secondary N) is 3. The number of fused-ring (bicyclic) bond motifs is 1. The van der Waals surface area contributed by atoms with Crippen LogP contribution in [0.15, 0.2) is 76.5 Å². The smallest absolute Gasteiger partial charge is 0.326 e. The van der Waals surface area contributed by atoms with E-state index < -0.39 is 52.0 Å². The van der Waals surface area contributed by atoms with E-state index in [4.69, 9.17) is 4.74 Å². The second-order valence-corrected chi connectivity index (χ2v) is 15.2. The standard InChI is InChI=1S/C37H48N4O8S2/c1-5-8-19-37(20-9-6-2)24-41(26-13-11-10-12-14-26)29-21-31(50-4)30(22-32(29)51(47,48)40-37)49-23-33(43)39-34(25-15-17-27(42)18-16-25)35(44)38-28(7-3)36(45)46/h10-18,21-22,28,34,40,42H,5-9,19-20,23-24H2,1-4H3,(H,38,44)(H,39,43)(H,45,46). The van der Waals surface area contributed by atoms with Crippen LogP contribution in [0.2, 0.25) is 0 Å². The summed E-state index contributed by atoms with van der Waals surface area (Å²) in [5.41, 5.74) is 0.933. The van der Waals surface area contributed by atoms with Gasteiger partial charge in [0.1, 0.15) is 28.5 Å². The number of carbonyl (C=O) groups is 3. The molecular formula is C37H48N4O8S2. The topological polar surface area (TPSA) is 174 Å². The molecule has 14 heteroatoms. The number of carboxylic acid groups (broad SMARTS) is 1. The molecule has 1 aliphatic rings. The lowest BCUT2D eigenvalue weighted by Gasteiger charge is -2.37. The molecule has 1 aliphatic heterocycles. The van der Waals surface area contributed by atoms with Gasteiger partial charge in [-0.3, -0.25) is 9.59 Å². The lowest BCUT2D eigenvalue weighted by Crippen LogP contribution is -2.53. The fraction of sp³-hybridized carbons (Fsp3) is 0.432. The highest BCUT2D eigenvalue weighted by atomic mass is 32.2. The first-order valence-electron chi connectivity index (χ1n) is 17.2. The Bertz CT molecular complexity index is 1760. The van der Waals surface area contributed by atoms with Gasteiger partial charge in [-0.1, -0.05) is 76.8 Å². The third-order valence-electron chi connectivity index (χ3n) is 8.90. The lowest BCUT2D eigenvalue weighted by atomic mass is 9.87. The number of aliphatic carboxylic acids is 1. The quantitative estimate of drug-likeness (QED) is 0.105. The molecule has 2 unspecified atom stereocenters. The van der Waals surface area contributed by atoms with Crippen molar-refractivity contribution in [1.82, 2.24) is 15.4 Å². The van der Waals surface area contributed by atoms with E-state index in [0.29, 0.717) is 35.5 Å². The van der Waals surface area contributed by atoms with Crippen molar-refractivity contribution in [2.45, 2.75) is 93.1 Å². The van der Waals surface area contributed by atoms with Gasteiger partial charge >= 0.3 is 5.97 Å². The summed E-state index contributed by atoms with van der Waals surface area (Å²) in [4.78, 5) is 40.8. The van der Waals surface area contributed by atoms with E-state index >= 15 is 0 Å². The van der Waals surface area contributed by atoms with Crippen molar-refractivity contribution in [3.05, 3.63) is 72.3 Å². The van der Waals surface area contributed by atoms with Crippen LogP contribution >= 0.6 is 11.8 Å². The Hall–Kier alpha value is -4.27. The molecule has 0 radical (unpaired) electrons. The highest BCUT2D eigenvalue weighted by Crippen LogP contribution is 2.44. The van der Waals surface area contributed by atoms with E-state index in [2.05, 4.69) is 34.1 Å². The number of anilines is 2. The molecule has 0 saturated heterocycles. The molecule has 0 fully saturated rings. The molecule has 3 aromatic rings. The summed E-state index contributed by atoms with van der Waals surface area (Å²) in [7, 11) is -4.07. The molecule has 0 aliphatic carbocycles. The predicted octanol–water partition coefficient (Wildman–Crippen LogP) is 5.88. The van der Waals surface area contributed by atoms with E-state index in [0.717, 1.165) is 31.4 Å². The molecule has 2 atom stereocenters. The van der Waals surface area contributed by atoms with E-state index in [-0.39, 0.29) is 22.8 Å². The number of carboxylic acids is 1. The van der Waals surface area contributed by atoms with Gasteiger partial charge in [-0.2, -0.15) is 0 Å². The summed E-state index contributed by atoms with van der Waals surface area (Å²) in [5, 5.41) is 24.3. The van der Waals surface area contributed by atoms with E-state index in [1.807, 2.05) is 36.6 Å². The molecular weight excluding hydrogens is 693 g/mol. The summed E-state index contributed by atoms with van der Waals surface area (Å²) >= 11 is 1.34. The van der Waals surface area contributed by atoms with Gasteiger partial charge in [0, 0.05) is 18.3 Å². The van der Waals surface area contributed by atoms with Crippen molar-refractivity contribution in [3.8, 4) is 11.5 Å². The summed E-state index contributed by atoms with van der Waals surface area (Å²) in [6, 6.07) is 16.0. The van der Waals surface area contributed by atoms with Gasteiger partial charge in [0.15, 0.2) is 6.61 Å². The van der Waals surface area contributed by atoms with Crippen LogP contribution in [0.25, 0.3) is 0 Å². The maximum absolute atomic E-state index is 14.3. The van der Waals surface area contributed by atoms with Crippen molar-refractivity contribution in [2.24, 2.45) is 0 Å². The first-order chi connectivity index (χ1) is 24.4. The number of amides is 2. The van der Waals surface area contributed by atoms with Crippen LogP contribution in [0.4, 0.5) is 11.4 Å². The zero-order valence-corrected chi connectivity index (χ0v) is 31.1. The van der Waals surface area contributed by atoms with Crippen molar-refractivity contribution in [1.29, 1.82) is 0 Å². The largest absolute Gasteiger partial charge is 0.508 e. The van der Waals surface area contributed by atoms with Crippen molar-refractivity contribution in [2.75, 3.05) is 24.3 Å². The lowest BCUT2D eigenvalue weighted by molar-refractivity contribution is -0.142. The van der Waals surface area contributed by atoms with Gasteiger partial charge < -0.3 is 30.5 Å². The molecule has 0 saturated carbocycles. The molecule has 3 aromatic carbocycles. The summed E-state index contributed by atoms with van der Waals surface area (Å²) in [6.07, 6.45) is 6.81. The number of ether oxygens (including phenoxy) is 1. The van der Waals surface area contributed by atoms with Crippen LogP contribution in [0.1, 0.15) is 77.3 Å². The average molecular weight is 741 g/mol. The zero-order chi connectivity index (χ0) is 37.2. The molecule has 0 bridgehead atoms. The molecule has 1 heterocycles. The van der Waals surface area contributed by atoms with Crippen LogP contribution in [0.3, 0.4) is 0 Å². The van der Waals surface area contributed by atoms with Crippen molar-refractivity contribution in [3.63, 3.8) is 0 Å². The maximum Gasteiger partial charge on any atom is 0.326 e. The number of phenols is 1. The molecule has 276 valence electrons. The highest BCUT2D eigenvalue weighted by molar-refractivity contribution is 7.98. The van der Waals surface area contributed by atoms with Crippen molar-refractivity contribution >= 4 is 50.9 Å².